The Morgan fingerprint density at radius 3 is 2.89 bits per heavy atom. The first-order valence-corrected chi connectivity index (χ1v) is 7.26. The molecule has 0 atom stereocenters. The van der Waals surface area contributed by atoms with Gasteiger partial charge in [-0.2, -0.15) is 4.37 Å². The topological polar surface area (TPSA) is 80.5 Å². The molecular weight excluding hydrogens is 264 g/mol. The number of hydrogen-bond acceptors (Lipinski definition) is 7. The van der Waals surface area contributed by atoms with Crippen LogP contribution in [0.1, 0.15) is 30.1 Å². The van der Waals surface area contributed by atoms with Crippen LogP contribution < -0.4 is 11.1 Å². The summed E-state index contributed by atoms with van der Waals surface area (Å²) in [6.45, 7) is 4.22. The van der Waals surface area contributed by atoms with E-state index in [-0.39, 0.29) is 5.82 Å². The summed E-state index contributed by atoms with van der Waals surface area (Å²) >= 11 is 1.22. The SMILES string of the molecule is CCOC(=O)c1c(N)nsc1NC1CCN(C)CC1. The van der Waals surface area contributed by atoms with Crippen molar-refractivity contribution in [3.05, 3.63) is 5.56 Å². The Labute approximate surface area is 117 Å². The van der Waals surface area contributed by atoms with E-state index in [0.29, 0.717) is 18.2 Å². The molecule has 0 aromatic carbocycles. The Bertz CT molecular complexity index is 441. The number of piperidine rings is 1. The summed E-state index contributed by atoms with van der Waals surface area (Å²) in [4.78, 5) is 14.2. The van der Waals surface area contributed by atoms with Crippen molar-refractivity contribution in [3.8, 4) is 0 Å². The van der Waals surface area contributed by atoms with Crippen LogP contribution in [0, 0.1) is 0 Å². The Hall–Kier alpha value is -1.34. The van der Waals surface area contributed by atoms with Gasteiger partial charge in [0, 0.05) is 6.04 Å². The summed E-state index contributed by atoms with van der Waals surface area (Å²) in [6.07, 6.45) is 2.10. The second kappa shape index (κ2) is 6.21. The molecule has 0 amide bonds. The largest absolute Gasteiger partial charge is 0.462 e. The van der Waals surface area contributed by atoms with Gasteiger partial charge in [-0.05, 0) is 51.4 Å². The summed E-state index contributed by atoms with van der Waals surface area (Å²) in [6, 6.07) is 0.365. The number of nitrogens with two attached hydrogens (primary N) is 1. The predicted molar refractivity (Wildman–Crippen MR) is 76.6 cm³/mol. The van der Waals surface area contributed by atoms with Gasteiger partial charge in [0.25, 0.3) is 0 Å². The number of likely N-dealkylation sites (tertiary alicyclic amines) is 1. The van der Waals surface area contributed by atoms with Gasteiger partial charge < -0.3 is 20.7 Å². The first-order chi connectivity index (χ1) is 9.11. The van der Waals surface area contributed by atoms with Gasteiger partial charge in [-0.3, -0.25) is 0 Å². The van der Waals surface area contributed by atoms with Crippen LogP contribution in [-0.2, 0) is 4.74 Å². The van der Waals surface area contributed by atoms with Crippen LogP contribution in [0.4, 0.5) is 10.8 Å². The quantitative estimate of drug-likeness (QED) is 0.814. The molecule has 1 aromatic heterocycles. The van der Waals surface area contributed by atoms with Crippen molar-refractivity contribution in [2.45, 2.75) is 25.8 Å². The first-order valence-electron chi connectivity index (χ1n) is 6.49. The molecular formula is C12H20N4O2S. The zero-order valence-electron chi connectivity index (χ0n) is 11.3. The van der Waals surface area contributed by atoms with Gasteiger partial charge >= 0.3 is 5.97 Å². The maximum Gasteiger partial charge on any atom is 0.344 e. The molecule has 1 fully saturated rings. The van der Waals surface area contributed by atoms with Gasteiger partial charge in [0.15, 0.2) is 5.82 Å². The van der Waals surface area contributed by atoms with E-state index in [1.807, 2.05) is 0 Å². The first kappa shape index (κ1) is 14.1. The molecule has 2 heterocycles. The van der Waals surface area contributed by atoms with Crippen molar-refractivity contribution >= 4 is 28.3 Å². The van der Waals surface area contributed by atoms with Crippen molar-refractivity contribution in [2.24, 2.45) is 0 Å². The Morgan fingerprint density at radius 1 is 1.58 bits per heavy atom. The van der Waals surface area contributed by atoms with Gasteiger partial charge in [-0.15, -0.1) is 0 Å². The van der Waals surface area contributed by atoms with Crippen molar-refractivity contribution in [1.82, 2.24) is 9.27 Å². The molecule has 0 radical (unpaired) electrons. The Morgan fingerprint density at radius 2 is 2.26 bits per heavy atom. The number of nitrogen functional groups attached to an aromatic ring is 1. The van der Waals surface area contributed by atoms with Gasteiger partial charge in [-0.1, -0.05) is 0 Å². The molecule has 0 unspecified atom stereocenters. The molecule has 1 saturated heterocycles. The Kier molecular flexibility index (Phi) is 4.60. The summed E-state index contributed by atoms with van der Waals surface area (Å²) in [5, 5.41) is 4.11. The van der Waals surface area contributed by atoms with Crippen LogP contribution in [0.2, 0.25) is 0 Å². The number of nitrogens with one attached hydrogen (secondary N) is 1. The average Bonchev–Trinajstić information content (AvgIpc) is 2.74. The van der Waals surface area contributed by atoms with Crippen LogP contribution in [0.3, 0.4) is 0 Å². The van der Waals surface area contributed by atoms with E-state index in [1.165, 1.54) is 11.5 Å². The highest BCUT2D eigenvalue weighted by atomic mass is 32.1. The Balaban J connectivity index is 2.06. The van der Waals surface area contributed by atoms with E-state index in [1.54, 1.807) is 6.92 Å². The second-order valence-electron chi connectivity index (χ2n) is 4.71. The molecule has 2 rings (SSSR count). The third kappa shape index (κ3) is 3.36. The third-order valence-electron chi connectivity index (χ3n) is 3.25. The fraction of sp³-hybridized carbons (Fsp3) is 0.667. The van der Waals surface area contributed by atoms with E-state index in [0.717, 1.165) is 30.9 Å². The zero-order chi connectivity index (χ0) is 13.8. The number of esters is 1. The highest BCUT2D eigenvalue weighted by Crippen LogP contribution is 2.29. The van der Waals surface area contributed by atoms with E-state index in [4.69, 9.17) is 10.5 Å². The maximum absolute atomic E-state index is 11.9. The van der Waals surface area contributed by atoms with Crippen LogP contribution in [0.5, 0.6) is 0 Å². The van der Waals surface area contributed by atoms with Gasteiger partial charge in [0.1, 0.15) is 10.6 Å². The summed E-state index contributed by atoms with van der Waals surface area (Å²) in [5.74, 6) is -0.150. The van der Waals surface area contributed by atoms with E-state index in [9.17, 15) is 4.79 Å². The minimum Gasteiger partial charge on any atom is -0.462 e. The lowest BCUT2D eigenvalue weighted by atomic mass is 10.1. The molecule has 106 valence electrons. The molecule has 3 N–H and O–H groups in total. The van der Waals surface area contributed by atoms with Gasteiger partial charge in [-0.25, -0.2) is 4.79 Å². The lowest BCUT2D eigenvalue weighted by Crippen LogP contribution is -2.36. The summed E-state index contributed by atoms with van der Waals surface area (Å²) in [5.41, 5.74) is 6.13. The van der Waals surface area contributed by atoms with Gasteiger partial charge in [0.05, 0.1) is 6.61 Å². The normalized spacial score (nSPS) is 17.4. The minimum absolute atomic E-state index is 0.249. The smallest absolute Gasteiger partial charge is 0.344 e. The van der Waals surface area contributed by atoms with Crippen LogP contribution in [-0.4, -0.2) is 48.0 Å². The second-order valence-corrected chi connectivity index (χ2v) is 5.49. The van der Waals surface area contributed by atoms with Crippen molar-refractivity contribution in [3.63, 3.8) is 0 Å². The van der Waals surface area contributed by atoms with E-state index >= 15 is 0 Å². The third-order valence-corrected chi connectivity index (χ3v) is 4.04. The number of carbonyl (C=O) groups is 1. The molecule has 0 bridgehead atoms. The lowest BCUT2D eigenvalue weighted by molar-refractivity contribution is 0.0529. The number of carbonyl (C=O) groups excluding carboxylic acids is 1. The van der Waals surface area contributed by atoms with Crippen molar-refractivity contribution in [2.75, 3.05) is 37.8 Å². The molecule has 7 heteroatoms. The fourth-order valence-electron chi connectivity index (χ4n) is 2.14. The minimum atomic E-state index is -0.399. The van der Waals surface area contributed by atoms with Gasteiger partial charge in [0.2, 0.25) is 0 Å². The van der Waals surface area contributed by atoms with E-state index < -0.39 is 5.97 Å². The number of hydrogen-bond donors (Lipinski definition) is 2. The molecule has 0 aliphatic carbocycles. The molecule has 1 aliphatic heterocycles. The standard InChI is InChI=1S/C12H20N4O2S/c1-3-18-12(17)9-10(13)15-19-11(9)14-8-4-6-16(2)7-5-8/h8,14H,3-7H2,1-2H3,(H2,13,15). The average molecular weight is 284 g/mol. The van der Waals surface area contributed by atoms with Crippen LogP contribution >= 0.6 is 11.5 Å². The summed E-state index contributed by atoms with van der Waals surface area (Å²) < 4.78 is 9.06. The number of ether oxygens (including phenoxy) is 1. The predicted octanol–water partition coefficient (Wildman–Crippen LogP) is 1.41. The molecule has 0 saturated carbocycles. The van der Waals surface area contributed by atoms with Crippen LogP contribution in [0.25, 0.3) is 0 Å². The van der Waals surface area contributed by atoms with Crippen molar-refractivity contribution in [1.29, 1.82) is 0 Å². The monoisotopic (exact) mass is 284 g/mol. The van der Waals surface area contributed by atoms with E-state index in [2.05, 4.69) is 21.6 Å². The van der Waals surface area contributed by atoms with Crippen LogP contribution in [0.15, 0.2) is 0 Å². The number of aromatic nitrogens is 1. The highest BCUT2D eigenvalue weighted by Gasteiger charge is 2.24. The molecule has 6 nitrogen and oxygen atoms in total. The fourth-order valence-corrected chi connectivity index (χ4v) is 2.92. The lowest BCUT2D eigenvalue weighted by Gasteiger charge is -2.29. The van der Waals surface area contributed by atoms with Crippen molar-refractivity contribution < 1.29 is 9.53 Å². The molecule has 1 aromatic rings. The number of rotatable bonds is 4. The molecule has 0 spiro atoms. The molecule has 1 aliphatic rings. The zero-order valence-corrected chi connectivity index (χ0v) is 12.1. The summed E-state index contributed by atoms with van der Waals surface area (Å²) in [7, 11) is 2.12. The number of nitrogens with zero attached hydrogens (tertiary/aromatic N) is 2. The highest BCUT2D eigenvalue weighted by molar-refractivity contribution is 7.11. The molecule has 19 heavy (non-hydrogen) atoms. The maximum atomic E-state index is 11.9. The number of anilines is 2.